The quantitative estimate of drug-likeness (QED) is 0.772. The van der Waals surface area contributed by atoms with Crippen LogP contribution in [0.2, 0.25) is 9.49 Å². The molecule has 20 heavy (non-hydrogen) atoms. The zero-order chi connectivity index (χ0) is 14.9. The third kappa shape index (κ3) is 3.53. The highest BCUT2D eigenvalue weighted by Crippen LogP contribution is 2.35. The molecule has 0 atom stereocenters. The Labute approximate surface area is 125 Å². The number of benzene rings is 1. The van der Waals surface area contributed by atoms with Crippen LogP contribution in [0, 0.1) is 5.82 Å². The Hall–Kier alpha value is -1.05. The summed E-state index contributed by atoms with van der Waals surface area (Å²) in [7, 11) is 0. The van der Waals surface area contributed by atoms with Crippen LogP contribution in [0.25, 0.3) is 0 Å². The van der Waals surface area contributed by atoms with E-state index in [0.29, 0.717) is 21.5 Å². The van der Waals surface area contributed by atoms with Gasteiger partial charge < -0.3 is 5.32 Å². The lowest BCUT2D eigenvalue weighted by atomic mass is 10.2. The van der Waals surface area contributed by atoms with Crippen molar-refractivity contribution in [3.8, 4) is 0 Å². The Morgan fingerprint density at radius 2 is 1.95 bits per heavy atom. The summed E-state index contributed by atoms with van der Waals surface area (Å²) in [5.41, 5.74) is -1.34. The molecular formula is C11H6Cl2F4N2S. The molecule has 2 nitrogen and oxygen atoms in total. The summed E-state index contributed by atoms with van der Waals surface area (Å²) in [5, 5.41) is 1.96. The van der Waals surface area contributed by atoms with Crippen molar-refractivity contribution in [2.45, 2.75) is 12.7 Å². The Balaban J connectivity index is 2.24. The number of halogens is 6. The largest absolute Gasteiger partial charge is 0.416 e. The highest BCUT2D eigenvalue weighted by molar-refractivity contribution is 7.15. The second-order valence-corrected chi connectivity index (χ2v) is 5.85. The van der Waals surface area contributed by atoms with E-state index in [9.17, 15) is 17.6 Å². The van der Waals surface area contributed by atoms with Crippen LogP contribution in [0.4, 0.5) is 23.2 Å². The van der Waals surface area contributed by atoms with Gasteiger partial charge in [0.1, 0.15) is 0 Å². The zero-order valence-electron chi connectivity index (χ0n) is 9.56. The van der Waals surface area contributed by atoms with Crippen molar-refractivity contribution in [1.29, 1.82) is 0 Å². The highest BCUT2D eigenvalue weighted by Gasteiger charge is 2.32. The van der Waals surface area contributed by atoms with Crippen molar-refractivity contribution in [3.05, 3.63) is 44.1 Å². The Bertz CT molecular complexity index is 627. The van der Waals surface area contributed by atoms with E-state index in [1.807, 2.05) is 0 Å². The minimum Gasteiger partial charge on any atom is -0.378 e. The van der Waals surface area contributed by atoms with Gasteiger partial charge in [-0.3, -0.25) is 0 Å². The van der Waals surface area contributed by atoms with E-state index >= 15 is 0 Å². The molecule has 9 heteroatoms. The maximum atomic E-state index is 13.7. The number of alkyl halides is 3. The molecule has 2 rings (SSSR count). The number of aromatic nitrogens is 1. The van der Waals surface area contributed by atoms with Gasteiger partial charge in [0.15, 0.2) is 10.3 Å². The fourth-order valence-corrected chi connectivity index (χ4v) is 2.57. The molecule has 0 spiro atoms. The second kappa shape index (κ2) is 5.75. The molecule has 0 fully saturated rings. The first-order valence-electron chi connectivity index (χ1n) is 5.17. The number of anilines is 1. The van der Waals surface area contributed by atoms with Crippen LogP contribution in [-0.2, 0) is 12.7 Å². The first kappa shape index (κ1) is 15.3. The fraction of sp³-hybridized carbons (Fsp3) is 0.182. The molecule has 0 radical (unpaired) electrons. The highest BCUT2D eigenvalue weighted by atomic mass is 35.5. The zero-order valence-corrected chi connectivity index (χ0v) is 11.9. The van der Waals surface area contributed by atoms with E-state index in [1.54, 1.807) is 0 Å². The number of nitrogens with zero attached hydrogens (tertiary/aromatic N) is 1. The Morgan fingerprint density at radius 3 is 2.50 bits per heavy atom. The number of rotatable bonds is 3. The summed E-state index contributed by atoms with van der Waals surface area (Å²) in [6.07, 6.45) is -3.14. The van der Waals surface area contributed by atoms with Crippen molar-refractivity contribution >= 4 is 40.2 Å². The minimum atomic E-state index is -4.60. The molecule has 0 saturated carbocycles. The second-order valence-electron chi connectivity index (χ2n) is 3.75. The van der Waals surface area contributed by atoms with Crippen molar-refractivity contribution in [2.75, 3.05) is 5.32 Å². The number of hydrogen-bond donors (Lipinski definition) is 1. The van der Waals surface area contributed by atoms with Crippen molar-refractivity contribution < 1.29 is 17.6 Å². The molecule has 2 aromatic rings. The molecule has 0 aliphatic carbocycles. The van der Waals surface area contributed by atoms with Crippen molar-refractivity contribution in [2.24, 2.45) is 0 Å². The standard InChI is InChI=1S/C11H6Cl2F4N2S/c12-7-1-5(11(15,16)17)2-8(9(7)14)18-3-6-4-19-10(13)20-6/h1-2,4,18H,3H2. The normalized spacial score (nSPS) is 11.7. The molecule has 0 amide bonds. The van der Waals surface area contributed by atoms with E-state index in [1.165, 1.54) is 6.20 Å². The summed E-state index contributed by atoms with van der Waals surface area (Å²) in [5.74, 6) is -0.935. The average Bonchev–Trinajstić information content (AvgIpc) is 2.75. The number of hydrogen-bond acceptors (Lipinski definition) is 3. The van der Waals surface area contributed by atoms with Crippen LogP contribution >= 0.6 is 34.5 Å². The summed E-state index contributed by atoms with van der Waals surface area (Å²) in [6, 6.07) is 1.22. The maximum absolute atomic E-state index is 13.7. The van der Waals surface area contributed by atoms with E-state index in [-0.39, 0.29) is 12.2 Å². The van der Waals surface area contributed by atoms with Gasteiger partial charge in [0.25, 0.3) is 0 Å². The summed E-state index contributed by atoms with van der Waals surface area (Å²) < 4.78 is 51.8. The predicted molar refractivity (Wildman–Crippen MR) is 70.9 cm³/mol. The third-order valence-corrected chi connectivity index (χ3v) is 3.72. The van der Waals surface area contributed by atoms with Crippen LogP contribution in [0.1, 0.15) is 10.4 Å². The van der Waals surface area contributed by atoms with E-state index < -0.39 is 22.6 Å². The predicted octanol–water partition coefficient (Wildman–Crippen LogP) is 5.22. The molecule has 0 unspecified atom stereocenters. The first-order valence-corrected chi connectivity index (χ1v) is 6.75. The summed E-state index contributed by atoms with van der Waals surface area (Å²) in [6.45, 7) is 0.0962. The molecule has 1 N–H and O–H groups in total. The monoisotopic (exact) mass is 344 g/mol. The van der Waals surface area contributed by atoms with Crippen molar-refractivity contribution in [3.63, 3.8) is 0 Å². The molecule has 1 aromatic carbocycles. The molecule has 0 aliphatic heterocycles. The van der Waals surface area contributed by atoms with Gasteiger partial charge in [0, 0.05) is 11.1 Å². The van der Waals surface area contributed by atoms with E-state index in [4.69, 9.17) is 23.2 Å². The lowest BCUT2D eigenvalue weighted by molar-refractivity contribution is -0.137. The SMILES string of the molecule is Fc1c(Cl)cc(C(F)(F)F)cc1NCc1cnc(Cl)s1. The summed E-state index contributed by atoms with van der Waals surface area (Å²) in [4.78, 5) is 4.43. The van der Waals surface area contributed by atoms with Crippen LogP contribution in [0.5, 0.6) is 0 Å². The van der Waals surface area contributed by atoms with Crippen LogP contribution in [0.3, 0.4) is 0 Å². The molecule has 0 bridgehead atoms. The molecule has 1 aromatic heterocycles. The van der Waals surface area contributed by atoms with Crippen molar-refractivity contribution in [1.82, 2.24) is 4.98 Å². The molecular weight excluding hydrogens is 339 g/mol. The molecule has 1 heterocycles. The molecule has 0 saturated heterocycles. The number of thiazole rings is 1. The van der Waals surface area contributed by atoms with Crippen LogP contribution < -0.4 is 5.32 Å². The van der Waals surface area contributed by atoms with Crippen LogP contribution in [-0.4, -0.2) is 4.98 Å². The van der Waals surface area contributed by atoms with Gasteiger partial charge in [-0.2, -0.15) is 13.2 Å². The molecule has 108 valence electrons. The Morgan fingerprint density at radius 1 is 1.25 bits per heavy atom. The summed E-state index contributed by atoms with van der Waals surface area (Å²) >= 11 is 12.2. The molecule has 0 aliphatic rings. The Kier molecular flexibility index (Phi) is 4.41. The number of nitrogens with one attached hydrogen (secondary N) is 1. The van der Waals surface area contributed by atoms with E-state index in [2.05, 4.69) is 10.3 Å². The average molecular weight is 345 g/mol. The fourth-order valence-electron chi connectivity index (χ4n) is 1.43. The third-order valence-electron chi connectivity index (χ3n) is 2.33. The lowest BCUT2D eigenvalue weighted by Gasteiger charge is -2.12. The van der Waals surface area contributed by atoms with Gasteiger partial charge in [-0.1, -0.05) is 23.2 Å². The maximum Gasteiger partial charge on any atom is 0.416 e. The lowest BCUT2D eigenvalue weighted by Crippen LogP contribution is -2.08. The van der Waals surface area contributed by atoms with Gasteiger partial charge in [0.05, 0.1) is 22.8 Å². The first-order chi connectivity index (χ1) is 9.27. The van der Waals surface area contributed by atoms with Crippen LogP contribution in [0.15, 0.2) is 18.3 Å². The smallest absolute Gasteiger partial charge is 0.378 e. The van der Waals surface area contributed by atoms with Gasteiger partial charge >= 0.3 is 6.18 Å². The minimum absolute atomic E-state index is 0.0962. The van der Waals surface area contributed by atoms with Gasteiger partial charge in [-0.15, -0.1) is 11.3 Å². The topological polar surface area (TPSA) is 24.9 Å². The van der Waals surface area contributed by atoms with Gasteiger partial charge in [0.2, 0.25) is 0 Å². The van der Waals surface area contributed by atoms with Gasteiger partial charge in [-0.25, -0.2) is 9.37 Å². The van der Waals surface area contributed by atoms with E-state index in [0.717, 1.165) is 11.3 Å². The van der Waals surface area contributed by atoms with Gasteiger partial charge in [-0.05, 0) is 12.1 Å².